The summed E-state index contributed by atoms with van der Waals surface area (Å²) in [6, 6.07) is 4.01. The lowest BCUT2D eigenvalue weighted by Crippen LogP contribution is -2.15. The summed E-state index contributed by atoms with van der Waals surface area (Å²) < 4.78 is 13.4. The van der Waals surface area contributed by atoms with Gasteiger partial charge in [-0.15, -0.1) is 0 Å². The summed E-state index contributed by atoms with van der Waals surface area (Å²) in [6.45, 7) is 2.66. The molecule has 5 nitrogen and oxygen atoms in total. The molecule has 0 radical (unpaired) electrons. The Bertz CT molecular complexity index is 618. The van der Waals surface area contributed by atoms with E-state index in [1.165, 1.54) is 30.6 Å². The summed E-state index contributed by atoms with van der Waals surface area (Å²) in [6.07, 6.45) is 2.86. The number of aromatic nitrogens is 2. The van der Waals surface area contributed by atoms with Gasteiger partial charge in [0.2, 0.25) is 0 Å². The Labute approximate surface area is 123 Å². The molecule has 0 aliphatic rings. The Morgan fingerprint density at radius 3 is 2.75 bits per heavy atom. The van der Waals surface area contributed by atoms with Crippen LogP contribution in [0.3, 0.4) is 0 Å². The largest absolute Gasteiger partial charge is 0.369 e. The van der Waals surface area contributed by atoms with Gasteiger partial charge in [-0.25, -0.2) is 14.4 Å². The maximum Gasteiger partial charge on any atom is 0.275 e. The normalized spacial score (nSPS) is 10.2. The lowest BCUT2D eigenvalue weighted by molar-refractivity contribution is 0.102. The van der Waals surface area contributed by atoms with Crippen LogP contribution in [0.15, 0.2) is 35.1 Å². The number of rotatable bonds is 4. The molecule has 0 spiro atoms. The van der Waals surface area contributed by atoms with Crippen molar-refractivity contribution in [2.45, 2.75) is 6.92 Å². The number of anilines is 2. The van der Waals surface area contributed by atoms with E-state index in [1.54, 1.807) is 0 Å². The molecule has 2 aromatic rings. The van der Waals surface area contributed by atoms with Crippen molar-refractivity contribution in [1.29, 1.82) is 0 Å². The highest BCUT2D eigenvalue weighted by Gasteiger charge is 2.10. The molecule has 1 amide bonds. The zero-order chi connectivity index (χ0) is 14.5. The number of benzene rings is 1. The number of hydrogen-bond donors (Lipinski definition) is 2. The van der Waals surface area contributed by atoms with Crippen molar-refractivity contribution >= 4 is 33.3 Å². The maximum atomic E-state index is 13.0. The number of hydrogen-bond acceptors (Lipinski definition) is 4. The van der Waals surface area contributed by atoms with E-state index in [2.05, 4.69) is 36.5 Å². The Balaban J connectivity index is 2.11. The first kappa shape index (κ1) is 14.4. The molecule has 1 aromatic heterocycles. The second-order valence-electron chi connectivity index (χ2n) is 3.90. The van der Waals surface area contributed by atoms with E-state index in [-0.39, 0.29) is 11.5 Å². The third-order valence-electron chi connectivity index (χ3n) is 2.42. The van der Waals surface area contributed by atoms with Crippen LogP contribution in [0.2, 0.25) is 0 Å². The zero-order valence-corrected chi connectivity index (χ0v) is 12.2. The van der Waals surface area contributed by atoms with Crippen LogP contribution < -0.4 is 10.6 Å². The van der Waals surface area contributed by atoms with Gasteiger partial charge in [0, 0.05) is 11.0 Å². The minimum atomic E-state index is -0.409. The molecule has 0 saturated carbocycles. The molecule has 0 aliphatic heterocycles. The van der Waals surface area contributed by atoms with E-state index in [9.17, 15) is 9.18 Å². The topological polar surface area (TPSA) is 66.9 Å². The van der Waals surface area contributed by atoms with Crippen molar-refractivity contribution in [3.63, 3.8) is 0 Å². The number of carbonyl (C=O) groups excluding carboxylic acids is 1. The smallest absolute Gasteiger partial charge is 0.275 e. The average molecular weight is 339 g/mol. The van der Waals surface area contributed by atoms with Gasteiger partial charge in [-0.1, -0.05) is 0 Å². The van der Waals surface area contributed by atoms with Crippen molar-refractivity contribution in [2.24, 2.45) is 0 Å². The standard InChI is InChI=1S/C13H12BrFN4O/c1-2-16-12-7-17-11(6-18-12)13(20)19-10-4-3-8(15)5-9(10)14/h3-7H,2H2,1H3,(H,16,18)(H,19,20). The third kappa shape index (κ3) is 3.51. The minimum Gasteiger partial charge on any atom is -0.369 e. The second kappa shape index (κ2) is 6.42. The molecule has 0 unspecified atom stereocenters. The van der Waals surface area contributed by atoms with Gasteiger partial charge >= 0.3 is 0 Å². The molecule has 0 atom stereocenters. The third-order valence-corrected chi connectivity index (χ3v) is 3.08. The van der Waals surface area contributed by atoms with Crippen LogP contribution in [0, 0.1) is 5.82 Å². The summed E-state index contributed by atoms with van der Waals surface area (Å²) in [7, 11) is 0. The van der Waals surface area contributed by atoms with E-state index in [0.29, 0.717) is 16.0 Å². The van der Waals surface area contributed by atoms with Gasteiger partial charge in [0.25, 0.3) is 5.91 Å². The summed E-state index contributed by atoms with van der Waals surface area (Å²) >= 11 is 3.18. The van der Waals surface area contributed by atoms with E-state index in [1.807, 2.05) is 6.92 Å². The summed E-state index contributed by atoms with van der Waals surface area (Å²) in [5.74, 6) is -0.190. The quantitative estimate of drug-likeness (QED) is 0.898. The van der Waals surface area contributed by atoms with Crippen LogP contribution in [-0.2, 0) is 0 Å². The maximum absolute atomic E-state index is 13.0. The minimum absolute atomic E-state index is 0.183. The molecular formula is C13H12BrFN4O. The average Bonchev–Trinajstić information content (AvgIpc) is 2.43. The summed E-state index contributed by atoms with van der Waals surface area (Å²) in [4.78, 5) is 20.0. The fraction of sp³-hybridized carbons (Fsp3) is 0.154. The lowest BCUT2D eigenvalue weighted by atomic mass is 10.3. The summed E-state index contributed by atoms with van der Waals surface area (Å²) in [5, 5.41) is 5.61. The lowest BCUT2D eigenvalue weighted by Gasteiger charge is -2.07. The van der Waals surface area contributed by atoms with Crippen LogP contribution in [0.5, 0.6) is 0 Å². The highest BCUT2D eigenvalue weighted by molar-refractivity contribution is 9.10. The molecule has 2 rings (SSSR count). The molecule has 7 heteroatoms. The number of nitrogens with zero attached hydrogens (tertiary/aromatic N) is 2. The predicted octanol–water partition coefficient (Wildman–Crippen LogP) is 3.06. The molecule has 0 bridgehead atoms. The molecular weight excluding hydrogens is 327 g/mol. The van der Waals surface area contributed by atoms with Crippen molar-refractivity contribution in [3.05, 3.63) is 46.6 Å². The molecule has 0 fully saturated rings. The second-order valence-corrected chi connectivity index (χ2v) is 4.75. The fourth-order valence-electron chi connectivity index (χ4n) is 1.49. The van der Waals surface area contributed by atoms with E-state index in [4.69, 9.17) is 0 Å². The predicted molar refractivity (Wildman–Crippen MR) is 78.2 cm³/mol. The molecule has 2 N–H and O–H groups in total. The monoisotopic (exact) mass is 338 g/mol. The first-order valence-electron chi connectivity index (χ1n) is 5.92. The molecule has 20 heavy (non-hydrogen) atoms. The molecule has 1 aromatic carbocycles. The van der Waals surface area contributed by atoms with Crippen LogP contribution in [0.1, 0.15) is 17.4 Å². The number of carbonyl (C=O) groups is 1. The first-order valence-corrected chi connectivity index (χ1v) is 6.71. The van der Waals surface area contributed by atoms with Crippen LogP contribution in [-0.4, -0.2) is 22.4 Å². The Morgan fingerprint density at radius 2 is 2.15 bits per heavy atom. The Hall–Kier alpha value is -2.02. The van der Waals surface area contributed by atoms with Crippen molar-refractivity contribution in [1.82, 2.24) is 9.97 Å². The Kier molecular flexibility index (Phi) is 4.62. The van der Waals surface area contributed by atoms with E-state index in [0.717, 1.165) is 6.54 Å². The van der Waals surface area contributed by atoms with Gasteiger partial charge in [-0.3, -0.25) is 4.79 Å². The van der Waals surface area contributed by atoms with Gasteiger partial charge in [0.15, 0.2) is 0 Å². The van der Waals surface area contributed by atoms with Crippen LogP contribution >= 0.6 is 15.9 Å². The van der Waals surface area contributed by atoms with Crippen LogP contribution in [0.4, 0.5) is 15.9 Å². The summed E-state index contributed by atoms with van der Waals surface area (Å²) in [5.41, 5.74) is 0.650. The highest BCUT2D eigenvalue weighted by atomic mass is 79.9. The van der Waals surface area contributed by atoms with Crippen LogP contribution in [0.25, 0.3) is 0 Å². The van der Waals surface area contributed by atoms with Crippen molar-refractivity contribution in [3.8, 4) is 0 Å². The van der Waals surface area contributed by atoms with Gasteiger partial charge in [0.05, 0.1) is 18.1 Å². The zero-order valence-electron chi connectivity index (χ0n) is 10.7. The molecule has 1 heterocycles. The van der Waals surface area contributed by atoms with Gasteiger partial charge in [-0.05, 0) is 41.1 Å². The molecule has 0 saturated heterocycles. The SMILES string of the molecule is CCNc1cnc(C(=O)Nc2ccc(F)cc2Br)cn1. The van der Waals surface area contributed by atoms with Crippen molar-refractivity contribution < 1.29 is 9.18 Å². The van der Waals surface area contributed by atoms with Gasteiger partial charge in [0.1, 0.15) is 17.3 Å². The van der Waals surface area contributed by atoms with Gasteiger partial charge in [-0.2, -0.15) is 0 Å². The highest BCUT2D eigenvalue weighted by Crippen LogP contribution is 2.23. The Morgan fingerprint density at radius 1 is 1.35 bits per heavy atom. The van der Waals surface area contributed by atoms with E-state index >= 15 is 0 Å². The number of halogens is 2. The van der Waals surface area contributed by atoms with Crippen molar-refractivity contribution in [2.75, 3.05) is 17.2 Å². The molecule has 0 aliphatic carbocycles. The molecule has 104 valence electrons. The van der Waals surface area contributed by atoms with Gasteiger partial charge < -0.3 is 10.6 Å². The first-order chi connectivity index (χ1) is 9.60. The number of nitrogens with one attached hydrogen (secondary N) is 2. The number of amides is 1. The fourth-order valence-corrected chi connectivity index (χ4v) is 1.94. The van der Waals surface area contributed by atoms with E-state index < -0.39 is 5.91 Å².